The van der Waals surface area contributed by atoms with Crippen LogP contribution in [0.3, 0.4) is 0 Å². The van der Waals surface area contributed by atoms with Crippen LogP contribution in [0.25, 0.3) is 5.76 Å². The fourth-order valence-electron chi connectivity index (χ4n) is 3.72. The third kappa shape index (κ3) is 4.18. The van der Waals surface area contributed by atoms with Crippen molar-refractivity contribution in [2.75, 3.05) is 12.8 Å². The number of amides is 2. The number of hydrogen-bond donors (Lipinski definition) is 3. The lowest BCUT2D eigenvalue weighted by atomic mass is 9.83. The van der Waals surface area contributed by atoms with E-state index in [4.69, 9.17) is 10.5 Å². The fraction of sp³-hybridized carbons (Fsp3) is 0.500. The van der Waals surface area contributed by atoms with Gasteiger partial charge in [-0.1, -0.05) is 19.3 Å². The van der Waals surface area contributed by atoms with Gasteiger partial charge in [-0.3, -0.25) is 9.59 Å². The highest BCUT2D eigenvalue weighted by atomic mass is 16.5. The number of carbonyl (C=O) groups excluding carboxylic acids is 2. The van der Waals surface area contributed by atoms with E-state index < -0.39 is 12.1 Å². The standard InChI is InChI=1S/C20H27N3O3/c1-22-20(25)18(14-5-3-2-4-6-14)23-19(24)17-12-11-16(26-17)13-7-9-15(21)10-8-13/h7-11,14,17-18H,2-6,12,21H2,1H3,(H,22,25)(H,23,24)/t17?,18-/m0/s1. The highest BCUT2D eigenvalue weighted by Gasteiger charge is 2.34. The van der Waals surface area contributed by atoms with Crippen LogP contribution in [0, 0.1) is 5.92 Å². The normalized spacial score (nSPS) is 21.4. The molecule has 0 saturated heterocycles. The number of benzene rings is 1. The quantitative estimate of drug-likeness (QED) is 0.704. The van der Waals surface area contributed by atoms with Crippen LogP contribution < -0.4 is 16.4 Å². The Labute approximate surface area is 154 Å². The number of nitrogens with one attached hydrogen (secondary N) is 2. The molecule has 1 aliphatic heterocycles. The summed E-state index contributed by atoms with van der Waals surface area (Å²) in [4.78, 5) is 25.0. The number of nitrogen functional groups attached to an aromatic ring is 1. The number of rotatable bonds is 5. The molecule has 4 N–H and O–H groups in total. The van der Waals surface area contributed by atoms with Gasteiger partial charge in [-0.25, -0.2) is 0 Å². The second-order valence-electron chi connectivity index (χ2n) is 7.03. The molecule has 1 saturated carbocycles. The Morgan fingerprint density at radius 2 is 1.85 bits per heavy atom. The molecule has 2 atom stereocenters. The van der Waals surface area contributed by atoms with Gasteiger partial charge in [-0.15, -0.1) is 0 Å². The van der Waals surface area contributed by atoms with Crippen LogP contribution in [0.2, 0.25) is 0 Å². The van der Waals surface area contributed by atoms with Crippen molar-refractivity contribution in [1.29, 1.82) is 0 Å². The smallest absolute Gasteiger partial charge is 0.262 e. The lowest BCUT2D eigenvalue weighted by Crippen LogP contribution is -2.53. The second kappa shape index (κ2) is 8.25. The average molecular weight is 357 g/mol. The van der Waals surface area contributed by atoms with Crippen molar-refractivity contribution < 1.29 is 14.3 Å². The monoisotopic (exact) mass is 357 g/mol. The predicted octanol–water partition coefficient (Wildman–Crippen LogP) is 2.21. The first-order valence-corrected chi connectivity index (χ1v) is 9.33. The van der Waals surface area contributed by atoms with E-state index in [0.29, 0.717) is 17.9 Å². The minimum Gasteiger partial charge on any atom is -0.480 e. The molecule has 0 bridgehead atoms. The maximum Gasteiger partial charge on any atom is 0.262 e. The van der Waals surface area contributed by atoms with E-state index in [1.807, 2.05) is 18.2 Å². The van der Waals surface area contributed by atoms with Crippen molar-refractivity contribution in [3.63, 3.8) is 0 Å². The lowest BCUT2D eigenvalue weighted by molar-refractivity contribution is -0.134. The van der Waals surface area contributed by atoms with Crippen LogP contribution in [0.4, 0.5) is 5.69 Å². The fourth-order valence-corrected chi connectivity index (χ4v) is 3.72. The van der Waals surface area contributed by atoms with Crippen molar-refractivity contribution >= 4 is 23.3 Å². The summed E-state index contributed by atoms with van der Waals surface area (Å²) in [6.07, 6.45) is 7.16. The van der Waals surface area contributed by atoms with Gasteiger partial charge in [0.15, 0.2) is 6.10 Å². The lowest BCUT2D eigenvalue weighted by Gasteiger charge is -2.30. The van der Waals surface area contributed by atoms with Crippen molar-refractivity contribution in [2.24, 2.45) is 5.92 Å². The largest absolute Gasteiger partial charge is 0.480 e. The van der Waals surface area contributed by atoms with Crippen LogP contribution in [0.15, 0.2) is 30.3 Å². The molecule has 1 fully saturated rings. The highest BCUT2D eigenvalue weighted by Crippen LogP contribution is 2.29. The number of anilines is 1. The molecule has 1 unspecified atom stereocenters. The third-order valence-electron chi connectivity index (χ3n) is 5.22. The molecular formula is C20H27N3O3. The van der Waals surface area contributed by atoms with E-state index in [-0.39, 0.29) is 17.7 Å². The summed E-state index contributed by atoms with van der Waals surface area (Å²) in [6.45, 7) is 0. The summed E-state index contributed by atoms with van der Waals surface area (Å²) in [5.41, 5.74) is 7.28. The zero-order valence-corrected chi connectivity index (χ0v) is 15.2. The van der Waals surface area contributed by atoms with E-state index in [2.05, 4.69) is 10.6 Å². The van der Waals surface area contributed by atoms with E-state index in [1.165, 1.54) is 6.42 Å². The molecule has 1 aromatic rings. The van der Waals surface area contributed by atoms with Gasteiger partial charge in [0, 0.05) is 24.7 Å². The predicted molar refractivity (Wildman–Crippen MR) is 101 cm³/mol. The molecule has 2 aliphatic rings. The van der Waals surface area contributed by atoms with Crippen molar-refractivity contribution in [2.45, 2.75) is 50.7 Å². The summed E-state index contributed by atoms with van der Waals surface area (Å²) >= 11 is 0. The van der Waals surface area contributed by atoms with Gasteiger partial charge in [-0.05, 0) is 49.1 Å². The minimum absolute atomic E-state index is 0.130. The zero-order chi connectivity index (χ0) is 18.5. The van der Waals surface area contributed by atoms with Crippen molar-refractivity contribution in [1.82, 2.24) is 10.6 Å². The molecule has 3 rings (SSSR count). The molecule has 0 spiro atoms. The first-order chi connectivity index (χ1) is 12.6. The number of likely N-dealkylation sites (N-methyl/N-ethyl adjacent to an activating group) is 1. The SMILES string of the molecule is CNC(=O)[C@@H](NC(=O)C1CC=C(c2ccc(N)cc2)O1)C1CCCCC1. The first-order valence-electron chi connectivity index (χ1n) is 9.33. The van der Waals surface area contributed by atoms with Crippen molar-refractivity contribution in [3.05, 3.63) is 35.9 Å². The van der Waals surface area contributed by atoms with E-state index in [0.717, 1.165) is 31.2 Å². The maximum absolute atomic E-state index is 12.7. The molecule has 1 aromatic carbocycles. The maximum atomic E-state index is 12.7. The number of ether oxygens (including phenoxy) is 1. The summed E-state index contributed by atoms with van der Waals surface area (Å²) in [5.74, 6) is 0.513. The van der Waals surface area contributed by atoms with Gasteiger partial charge in [-0.2, -0.15) is 0 Å². The molecular weight excluding hydrogens is 330 g/mol. The summed E-state index contributed by atoms with van der Waals surface area (Å²) in [5, 5.41) is 5.61. The Balaban J connectivity index is 1.61. The topological polar surface area (TPSA) is 93.5 Å². The molecule has 6 heteroatoms. The molecule has 0 radical (unpaired) electrons. The van der Waals surface area contributed by atoms with Crippen LogP contribution >= 0.6 is 0 Å². The Morgan fingerprint density at radius 1 is 1.15 bits per heavy atom. The van der Waals surface area contributed by atoms with Crippen LogP contribution in [0.5, 0.6) is 0 Å². The number of hydrogen-bond acceptors (Lipinski definition) is 4. The van der Waals surface area contributed by atoms with Gasteiger partial charge in [0.25, 0.3) is 5.91 Å². The van der Waals surface area contributed by atoms with Gasteiger partial charge in [0.1, 0.15) is 11.8 Å². The average Bonchev–Trinajstić information content (AvgIpc) is 3.17. The Morgan fingerprint density at radius 3 is 2.50 bits per heavy atom. The molecule has 26 heavy (non-hydrogen) atoms. The molecule has 0 aromatic heterocycles. The summed E-state index contributed by atoms with van der Waals surface area (Å²) < 4.78 is 5.83. The first kappa shape index (κ1) is 18.3. The Hall–Kier alpha value is -2.50. The van der Waals surface area contributed by atoms with E-state index in [9.17, 15) is 9.59 Å². The Kier molecular flexibility index (Phi) is 5.81. The van der Waals surface area contributed by atoms with Gasteiger partial charge in [0.2, 0.25) is 5.91 Å². The van der Waals surface area contributed by atoms with Gasteiger partial charge in [0.05, 0.1) is 0 Å². The Bertz CT molecular complexity index is 678. The van der Waals surface area contributed by atoms with Crippen LogP contribution in [0.1, 0.15) is 44.1 Å². The highest BCUT2D eigenvalue weighted by molar-refractivity contribution is 5.90. The molecule has 1 aliphatic carbocycles. The number of nitrogens with two attached hydrogens (primary N) is 1. The minimum atomic E-state index is -0.599. The van der Waals surface area contributed by atoms with E-state index in [1.54, 1.807) is 19.2 Å². The zero-order valence-electron chi connectivity index (χ0n) is 15.2. The van der Waals surface area contributed by atoms with Crippen LogP contribution in [-0.2, 0) is 14.3 Å². The van der Waals surface area contributed by atoms with E-state index >= 15 is 0 Å². The molecule has 140 valence electrons. The number of carbonyl (C=O) groups is 2. The van der Waals surface area contributed by atoms with Crippen LogP contribution in [-0.4, -0.2) is 31.0 Å². The summed E-state index contributed by atoms with van der Waals surface area (Å²) in [6, 6.07) is 6.86. The van der Waals surface area contributed by atoms with Crippen molar-refractivity contribution in [3.8, 4) is 0 Å². The molecule has 1 heterocycles. The third-order valence-corrected chi connectivity index (χ3v) is 5.22. The molecule has 6 nitrogen and oxygen atoms in total. The van der Waals surface area contributed by atoms with Gasteiger partial charge >= 0.3 is 0 Å². The summed E-state index contributed by atoms with van der Waals surface area (Å²) in [7, 11) is 1.61. The molecule has 2 amide bonds. The van der Waals surface area contributed by atoms with Gasteiger partial charge < -0.3 is 21.1 Å². The second-order valence-corrected chi connectivity index (χ2v) is 7.03.